The minimum atomic E-state index is -1.22. The third-order valence-electron chi connectivity index (χ3n) is 1.32. The van der Waals surface area contributed by atoms with Crippen LogP contribution in [0.25, 0.3) is 0 Å². The molecule has 2 nitrogen and oxygen atoms in total. The van der Waals surface area contributed by atoms with Gasteiger partial charge in [-0.05, 0) is 0 Å². The molecule has 0 unspecified atom stereocenters. The van der Waals surface area contributed by atoms with Crippen molar-refractivity contribution >= 4 is 18.6 Å². The molecule has 5 heteroatoms. The van der Waals surface area contributed by atoms with Crippen molar-refractivity contribution < 1.29 is 69.0 Å². The molecular formula is C8H6Na2O2S. The van der Waals surface area contributed by atoms with Crippen molar-refractivity contribution in [3.8, 4) is 0 Å². The van der Waals surface area contributed by atoms with Crippen LogP contribution in [0.4, 0.5) is 0 Å². The Kier molecular flexibility index (Phi) is 10.6. The van der Waals surface area contributed by atoms with E-state index in [0.717, 1.165) is 0 Å². The number of carbonyl (C=O) groups is 1. The van der Waals surface area contributed by atoms with Gasteiger partial charge in [0, 0.05) is 5.97 Å². The zero-order valence-electron chi connectivity index (χ0n) is 7.69. The predicted molar refractivity (Wildman–Crippen MR) is 41.6 cm³/mol. The van der Waals surface area contributed by atoms with Crippen molar-refractivity contribution in [1.29, 1.82) is 0 Å². The summed E-state index contributed by atoms with van der Waals surface area (Å²) in [4.78, 5) is 10.3. The summed E-state index contributed by atoms with van der Waals surface area (Å²) in [6, 6.07) is 8.65. The third kappa shape index (κ3) is 5.47. The molecule has 0 aliphatic carbocycles. The van der Waals surface area contributed by atoms with E-state index in [0.29, 0.717) is 5.56 Å². The Bertz CT molecular complexity index is 254. The fourth-order valence-electron chi connectivity index (χ4n) is 0.764. The first kappa shape index (κ1) is 16.5. The molecule has 1 aromatic rings. The molecule has 0 amide bonds. The van der Waals surface area contributed by atoms with E-state index >= 15 is 0 Å². The Hall–Kier alpha value is 1.04. The van der Waals surface area contributed by atoms with Gasteiger partial charge in [0.15, 0.2) is 0 Å². The standard InChI is InChI=1S/C8H8O2S.2Na/c9-8(10)7(11)6-4-2-1-3-5-6;;/h1-5,7,11H,(H,9,10);;/q;2*+1/p-2/t7-;;/m0../s1. The second kappa shape index (κ2) is 8.36. The first-order chi connectivity index (χ1) is 5.22. The molecule has 0 radical (unpaired) electrons. The summed E-state index contributed by atoms with van der Waals surface area (Å²) < 4.78 is 0. The minimum Gasteiger partial charge on any atom is -0.779 e. The zero-order chi connectivity index (χ0) is 8.27. The summed E-state index contributed by atoms with van der Waals surface area (Å²) in [6.45, 7) is 0. The summed E-state index contributed by atoms with van der Waals surface area (Å²) in [6.07, 6.45) is 0. The first-order valence-electron chi connectivity index (χ1n) is 3.13. The van der Waals surface area contributed by atoms with Crippen molar-refractivity contribution in [2.24, 2.45) is 0 Å². The van der Waals surface area contributed by atoms with Crippen LogP contribution in [-0.2, 0) is 17.4 Å². The van der Waals surface area contributed by atoms with Gasteiger partial charge in [-0.2, -0.15) is 0 Å². The average molecular weight is 212 g/mol. The van der Waals surface area contributed by atoms with E-state index in [1.54, 1.807) is 30.3 Å². The fourth-order valence-corrected chi connectivity index (χ4v) is 0.921. The fraction of sp³-hybridized carbons (Fsp3) is 0.125. The predicted octanol–water partition coefficient (Wildman–Crippen LogP) is -5.97. The number of hydrogen-bond donors (Lipinski definition) is 0. The van der Waals surface area contributed by atoms with Crippen LogP contribution in [-0.4, -0.2) is 5.97 Å². The second-order valence-corrected chi connectivity index (χ2v) is 2.58. The topological polar surface area (TPSA) is 40.1 Å². The third-order valence-corrected chi connectivity index (χ3v) is 1.78. The average Bonchev–Trinajstić information content (AvgIpc) is 2.05. The molecule has 58 valence electrons. The van der Waals surface area contributed by atoms with Crippen LogP contribution in [0.5, 0.6) is 0 Å². The summed E-state index contributed by atoms with van der Waals surface area (Å²) in [5.74, 6) is -1.22. The SMILES string of the molecule is O=C([O-])[C@@H]([S-])c1ccccc1.[Na+].[Na+]. The van der Waals surface area contributed by atoms with E-state index in [9.17, 15) is 9.90 Å². The maximum Gasteiger partial charge on any atom is 1.00 e. The van der Waals surface area contributed by atoms with Gasteiger partial charge in [-0.3, -0.25) is 0 Å². The van der Waals surface area contributed by atoms with Gasteiger partial charge in [0.05, 0.1) is 0 Å². The largest absolute Gasteiger partial charge is 1.00 e. The molecule has 1 rings (SSSR count). The summed E-state index contributed by atoms with van der Waals surface area (Å²) in [5.41, 5.74) is 0.600. The Balaban J connectivity index is 0. The van der Waals surface area contributed by atoms with Gasteiger partial charge in [-0.25, -0.2) is 0 Å². The van der Waals surface area contributed by atoms with Gasteiger partial charge in [0.25, 0.3) is 0 Å². The van der Waals surface area contributed by atoms with E-state index < -0.39 is 11.2 Å². The van der Waals surface area contributed by atoms with E-state index in [4.69, 9.17) is 0 Å². The number of rotatable bonds is 2. The van der Waals surface area contributed by atoms with Crippen LogP contribution in [0.3, 0.4) is 0 Å². The zero-order valence-corrected chi connectivity index (χ0v) is 12.5. The number of carboxylic acids is 1. The van der Waals surface area contributed by atoms with Crippen LogP contribution >= 0.6 is 0 Å². The summed E-state index contributed by atoms with van der Waals surface area (Å²) >= 11 is 4.67. The van der Waals surface area contributed by atoms with Gasteiger partial charge in [-0.15, -0.1) is 0 Å². The van der Waals surface area contributed by atoms with E-state index in [1.165, 1.54) is 0 Å². The Morgan fingerprint density at radius 1 is 1.23 bits per heavy atom. The smallest absolute Gasteiger partial charge is 0.779 e. The number of benzene rings is 1. The van der Waals surface area contributed by atoms with Crippen molar-refractivity contribution in [3.05, 3.63) is 35.9 Å². The van der Waals surface area contributed by atoms with Crippen LogP contribution in [0.1, 0.15) is 10.8 Å². The molecule has 0 fully saturated rings. The van der Waals surface area contributed by atoms with E-state index in [1.807, 2.05) is 0 Å². The van der Waals surface area contributed by atoms with Crippen LogP contribution in [0, 0.1) is 0 Å². The molecule has 1 aromatic carbocycles. The molecule has 0 aliphatic heterocycles. The quantitative estimate of drug-likeness (QED) is 0.362. The van der Waals surface area contributed by atoms with Crippen molar-refractivity contribution in [3.63, 3.8) is 0 Å². The van der Waals surface area contributed by atoms with Crippen molar-refractivity contribution in [2.75, 3.05) is 0 Å². The molecule has 0 aliphatic rings. The molecule has 13 heavy (non-hydrogen) atoms. The van der Waals surface area contributed by atoms with Crippen LogP contribution in [0.2, 0.25) is 0 Å². The monoisotopic (exact) mass is 212 g/mol. The number of aliphatic carboxylic acids is 1. The number of carboxylic acid groups (broad SMARTS) is 1. The van der Waals surface area contributed by atoms with Crippen molar-refractivity contribution in [1.82, 2.24) is 0 Å². The molecule has 0 bridgehead atoms. The Morgan fingerprint density at radius 3 is 2.08 bits per heavy atom. The molecular weight excluding hydrogens is 206 g/mol. The van der Waals surface area contributed by atoms with Gasteiger partial charge >= 0.3 is 59.1 Å². The summed E-state index contributed by atoms with van der Waals surface area (Å²) in [5, 5.41) is 9.35. The minimum absolute atomic E-state index is 0. The van der Waals surface area contributed by atoms with Crippen LogP contribution in [0.15, 0.2) is 30.3 Å². The molecule has 0 spiro atoms. The van der Waals surface area contributed by atoms with Gasteiger partial charge in [0.1, 0.15) is 0 Å². The first-order valence-corrected chi connectivity index (χ1v) is 3.60. The number of carbonyl (C=O) groups excluding carboxylic acids is 1. The van der Waals surface area contributed by atoms with E-state index in [-0.39, 0.29) is 59.1 Å². The second-order valence-electron chi connectivity index (χ2n) is 2.11. The van der Waals surface area contributed by atoms with Gasteiger partial charge < -0.3 is 22.5 Å². The summed E-state index contributed by atoms with van der Waals surface area (Å²) in [7, 11) is 0. The molecule has 1 atom stereocenters. The molecule has 0 heterocycles. The molecule has 0 N–H and O–H groups in total. The number of hydrogen-bond acceptors (Lipinski definition) is 3. The molecule has 0 aromatic heterocycles. The normalized spacial score (nSPS) is 10.5. The molecule has 0 saturated heterocycles. The van der Waals surface area contributed by atoms with Gasteiger partial charge in [-0.1, -0.05) is 41.1 Å². The van der Waals surface area contributed by atoms with Crippen molar-refractivity contribution in [2.45, 2.75) is 5.25 Å². The van der Waals surface area contributed by atoms with Gasteiger partial charge in [0.2, 0.25) is 0 Å². The Labute approximate surface area is 127 Å². The molecule has 0 saturated carbocycles. The maximum absolute atomic E-state index is 10.3. The van der Waals surface area contributed by atoms with Crippen LogP contribution < -0.4 is 64.2 Å². The Morgan fingerprint density at radius 2 is 1.69 bits per heavy atom. The van der Waals surface area contributed by atoms with E-state index in [2.05, 4.69) is 12.6 Å². The maximum atomic E-state index is 10.3.